The average Bonchev–Trinajstić information content (AvgIpc) is 3.28. The number of unbranched alkanes of at least 4 members (excludes halogenated alkanes) is 1. The SMILES string of the molecule is CCCCN(CC)S(=O)(=O)c1ccc(C(=O)N2CCN(c3nc4ccccc4s3)CC2)cc1. The lowest BCUT2D eigenvalue weighted by Gasteiger charge is -2.34. The summed E-state index contributed by atoms with van der Waals surface area (Å²) in [6, 6.07) is 14.5. The van der Waals surface area contributed by atoms with Crippen LogP contribution in [0.1, 0.15) is 37.0 Å². The molecule has 33 heavy (non-hydrogen) atoms. The Morgan fingerprint density at radius 2 is 1.73 bits per heavy atom. The van der Waals surface area contributed by atoms with E-state index in [0.717, 1.165) is 41.3 Å². The van der Waals surface area contributed by atoms with Crippen molar-refractivity contribution in [3.05, 3.63) is 54.1 Å². The van der Waals surface area contributed by atoms with Gasteiger partial charge in [-0.2, -0.15) is 4.31 Å². The summed E-state index contributed by atoms with van der Waals surface area (Å²) in [6.45, 7) is 7.49. The Labute approximate surface area is 199 Å². The van der Waals surface area contributed by atoms with Crippen molar-refractivity contribution in [1.29, 1.82) is 0 Å². The van der Waals surface area contributed by atoms with Gasteiger partial charge in [0, 0.05) is 44.8 Å². The van der Waals surface area contributed by atoms with Gasteiger partial charge in [-0.05, 0) is 42.8 Å². The first-order valence-corrected chi connectivity index (χ1v) is 13.7. The fourth-order valence-electron chi connectivity index (χ4n) is 3.98. The van der Waals surface area contributed by atoms with Crippen molar-refractivity contribution in [3.8, 4) is 0 Å². The summed E-state index contributed by atoms with van der Waals surface area (Å²) in [6.07, 6.45) is 1.76. The zero-order valence-corrected chi connectivity index (χ0v) is 20.7. The third kappa shape index (κ3) is 5.05. The molecule has 176 valence electrons. The standard InChI is InChI=1S/C24H30N4O3S2/c1-3-5-14-28(4-2)33(30,31)20-12-10-19(11-13-20)23(29)26-15-17-27(18-16-26)24-25-21-8-6-7-9-22(21)32-24/h6-13H,3-5,14-18H2,1-2H3. The predicted octanol–water partition coefficient (Wildman–Crippen LogP) is 4.07. The Morgan fingerprint density at radius 3 is 2.36 bits per heavy atom. The van der Waals surface area contributed by atoms with Crippen LogP contribution in [0.15, 0.2) is 53.4 Å². The molecular weight excluding hydrogens is 456 g/mol. The number of carbonyl (C=O) groups is 1. The van der Waals surface area contributed by atoms with Crippen molar-refractivity contribution in [2.75, 3.05) is 44.2 Å². The molecule has 0 N–H and O–H groups in total. The summed E-state index contributed by atoms with van der Waals surface area (Å²) in [7, 11) is -3.54. The number of benzene rings is 2. The van der Waals surface area contributed by atoms with E-state index in [4.69, 9.17) is 4.98 Å². The highest BCUT2D eigenvalue weighted by Crippen LogP contribution is 2.29. The number of nitrogens with zero attached hydrogens (tertiary/aromatic N) is 4. The second-order valence-electron chi connectivity index (χ2n) is 8.12. The third-order valence-electron chi connectivity index (χ3n) is 5.97. The van der Waals surface area contributed by atoms with Gasteiger partial charge in [-0.1, -0.05) is 43.7 Å². The molecule has 9 heteroatoms. The van der Waals surface area contributed by atoms with E-state index >= 15 is 0 Å². The van der Waals surface area contributed by atoms with E-state index < -0.39 is 10.0 Å². The summed E-state index contributed by atoms with van der Waals surface area (Å²) in [5.74, 6) is -0.0683. The lowest BCUT2D eigenvalue weighted by molar-refractivity contribution is 0.0746. The summed E-state index contributed by atoms with van der Waals surface area (Å²) in [4.78, 5) is 22.0. The molecule has 2 heterocycles. The number of thiazole rings is 1. The van der Waals surface area contributed by atoms with E-state index in [0.29, 0.717) is 31.7 Å². The maximum atomic E-state index is 13.0. The molecule has 1 aliphatic heterocycles. The average molecular weight is 487 g/mol. The van der Waals surface area contributed by atoms with E-state index in [1.54, 1.807) is 35.6 Å². The number of para-hydroxylation sites is 1. The monoisotopic (exact) mass is 486 g/mol. The van der Waals surface area contributed by atoms with Gasteiger partial charge in [0.05, 0.1) is 15.1 Å². The Hall–Kier alpha value is -2.49. The summed E-state index contributed by atoms with van der Waals surface area (Å²) in [5.41, 5.74) is 1.52. The first kappa shape index (κ1) is 23.7. The van der Waals surface area contributed by atoms with Gasteiger partial charge in [0.1, 0.15) is 0 Å². The number of fused-ring (bicyclic) bond motifs is 1. The molecule has 4 rings (SSSR count). The third-order valence-corrected chi connectivity index (χ3v) is 9.06. The Bertz CT molecular complexity index is 1170. The van der Waals surface area contributed by atoms with Crippen LogP contribution in [0.2, 0.25) is 0 Å². The lowest BCUT2D eigenvalue weighted by Crippen LogP contribution is -2.48. The number of hydrogen-bond donors (Lipinski definition) is 0. The van der Waals surface area contributed by atoms with E-state index in [9.17, 15) is 13.2 Å². The number of amides is 1. The van der Waals surface area contributed by atoms with Gasteiger partial charge >= 0.3 is 0 Å². The fraction of sp³-hybridized carbons (Fsp3) is 0.417. The molecule has 0 unspecified atom stereocenters. The normalized spacial score (nSPS) is 14.9. The van der Waals surface area contributed by atoms with E-state index in [-0.39, 0.29) is 10.8 Å². The second-order valence-corrected chi connectivity index (χ2v) is 11.1. The highest BCUT2D eigenvalue weighted by atomic mass is 32.2. The first-order chi connectivity index (χ1) is 15.9. The fourth-order valence-corrected chi connectivity index (χ4v) is 6.48. The lowest BCUT2D eigenvalue weighted by atomic mass is 10.2. The van der Waals surface area contributed by atoms with Crippen LogP contribution in [0.4, 0.5) is 5.13 Å². The molecule has 1 aliphatic rings. The molecule has 1 saturated heterocycles. The highest BCUT2D eigenvalue weighted by Gasteiger charge is 2.26. The summed E-state index contributed by atoms with van der Waals surface area (Å²) < 4.78 is 28.5. The van der Waals surface area contributed by atoms with Crippen LogP contribution in [0.25, 0.3) is 10.2 Å². The number of anilines is 1. The first-order valence-electron chi connectivity index (χ1n) is 11.4. The van der Waals surface area contributed by atoms with Crippen LogP contribution < -0.4 is 4.90 Å². The van der Waals surface area contributed by atoms with Crippen LogP contribution >= 0.6 is 11.3 Å². The Kier molecular flexibility index (Phi) is 7.31. The maximum absolute atomic E-state index is 13.0. The van der Waals surface area contributed by atoms with Gasteiger partial charge in [-0.25, -0.2) is 13.4 Å². The molecule has 0 radical (unpaired) electrons. The van der Waals surface area contributed by atoms with Crippen molar-refractivity contribution in [1.82, 2.24) is 14.2 Å². The van der Waals surface area contributed by atoms with E-state index in [2.05, 4.69) is 11.0 Å². The number of carbonyl (C=O) groups excluding carboxylic acids is 1. The smallest absolute Gasteiger partial charge is 0.253 e. The summed E-state index contributed by atoms with van der Waals surface area (Å²) in [5, 5.41) is 0.987. The van der Waals surface area contributed by atoms with Gasteiger partial charge in [0.25, 0.3) is 5.91 Å². The van der Waals surface area contributed by atoms with Gasteiger partial charge in [-0.3, -0.25) is 4.79 Å². The van der Waals surface area contributed by atoms with Crippen molar-refractivity contribution in [3.63, 3.8) is 0 Å². The predicted molar refractivity (Wildman–Crippen MR) is 134 cm³/mol. The van der Waals surface area contributed by atoms with Crippen LogP contribution in [0.5, 0.6) is 0 Å². The molecule has 1 aromatic heterocycles. The minimum Gasteiger partial charge on any atom is -0.345 e. The minimum absolute atomic E-state index is 0.0683. The molecule has 0 aliphatic carbocycles. The topological polar surface area (TPSA) is 73.8 Å². The highest BCUT2D eigenvalue weighted by molar-refractivity contribution is 7.89. The number of sulfonamides is 1. The molecule has 0 saturated carbocycles. The Morgan fingerprint density at radius 1 is 1.03 bits per heavy atom. The molecule has 2 aromatic carbocycles. The molecule has 3 aromatic rings. The van der Waals surface area contributed by atoms with Crippen molar-refractivity contribution < 1.29 is 13.2 Å². The zero-order chi connectivity index (χ0) is 23.4. The van der Waals surface area contributed by atoms with Gasteiger partial charge in [-0.15, -0.1) is 0 Å². The van der Waals surface area contributed by atoms with Gasteiger partial charge in [0.15, 0.2) is 5.13 Å². The van der Waals surface area contributed by atoms with Crippen LogP contribution in [-0.2, 0) is 10.0 Å². The molecule has 1 amide bonds. The van der Waals surface area contributed by atoms with Crippen molar-refractivity contribution >= 4 is 42.6 Å². The number of piperazine rings is 1. The molecule has 0 atom stereocenters. The molecular formula is C24H30N4O3S2. The minimum atomic E-state index is -3.54. The van der Waals surface area contributed by atoms with Gasteiger partial charge < -0.3 is 9.80 Å². The van der Waals surface area contributed by atoms with Crippen LogP contribution in [0.3, 0.4) is 0 Å². The van der Waals surface area contributed by atoms with Crippen LogP contribution in [-0.4, -0.2) is 67.8 Å². The van der Waals surface area contributed by atoms with Crippen molar-refractivity contribution in [2.45, 2.75) is 31.6 Å². The number of hydrogen-bond acceptors (Lipinski definition) is 6. The molecule has 0 bridgehead atoms. The molecule has 0 spiro atoms. The largest absolute Gasteiger partial charge is 0.345 e. The molecule has 7 nitrogen and oxygen atoms in total. The van der Waals surface area contributed by atoms with E-state index in [1.807, 2.05) is 36.9 Å². The Balaban J connectivity index is 1.39. The van der Waals surface area contributed by atoms with Crippen molar-refractivity contribution in [2.24, 2.45) is 0 Å². The second kappa shape index (κ2) is 10.2. The van der Waals surface area contributed by atoms with E-state index in [1.165, 1.54) is 4.31 Å². The van der Waals surface area contributed by atoms with Gasteiger partial charge in [0.2, 0.25) is 10.0 Å². The number of aromatic nitrogens is 1. The molecule has 1 fully saturated rings. The zero-order valence-electron chi connectivity index (χ0n) is 19.1. The maximum Gasteiger partial charge on any atom is 0.253 e. The quantitative estimate of drug-likeness (QED) is 0.480. The van der Waals surface area contributed by atoms with Crippen LogP contribution in [0, 0.1) is 0 Å². The number of rotatable bonds is 8. The summed E-state index contributed by atoms with van der Waals surface area (Å²) >= 11 is 1.67.